The number of rotatable bonds is 73. The van der Waals surface area contributed by atoms with E-state index in [9.17, 15) is 43.2 Å². The third-order valence-electron chi connectivity index (χ3n) is 16.1. The fourth-order valence-corrected chi connectivity index (χ4v) is 11.7. The molecular formula is C83H140O17P2. The van der Waals surface area contributed by atoms with E-state index < -0.39 is 97.5 Å². The van der Waals surface area contributed by atoms with Crippen LogP contribution in [0.4, 0.5) is 0 Å². The van der Waals surface area contributed by atoms with Gasteiger partial charge in [0.1, 0.15) is 19.3 Å². The van der Waals surface area contributed by atoms with E-state index in [4.69, 9.17) is 37.0 Å². The van der Waals surface area contributed by atoms with E-state index in [1.807, 2.05) is 0 Å². The van der Waals surface area contributed by atoms with E-state index in [-0.39, 0.29) is 25.7 Å². The maximum absolute atomic E-state index is 13.1. The monoisotopic (exact) mass is 1470 g/mol. The number of carbonyl (C=O) groups excluding carboxylic acids is 4. The van der Waals surface area contributed by atoms with E-state index in [0.29, 0.717) is 25.7 Å². The normalized spacial score (nSPS) is 14.6. The molecular weight excluding hydrogens is 1330 g/mol. The zero-order chi connectivity index (χ0) is 74.6. The van der Waals surface area contributed by atoms with E-state index in [2.05, 4.69) is 161 Å². The van der Waals surface area contributed by atoms with Crippen LogP contribution in [0.15, 0.2) is 134 Å². The molecule has 0 aromatic carbocycles. The van der Waals surface area contributed by atoms with Gasteiger partial charge in [-0.3, -0.25) is 37.3 Å². The number of unbranched alkanes of at least 4 members (excludes halogenated alkanes) is 25. The molecule has 17 nitrogen and oxygen atoms in total. The number of allylic oxidation sites excluding steroid dienone is 22. The fourth-order valence-electron chi connectivity index (χ4n) is 10.1. The van der Waals surface area contributed by atoms with Gasteiger partial charge in [-0.15, -0.1) is 0 Å². The molecule has 0 aliphatic heterocycles. The summed E-state index contributed by atoms with van der Waals surface area (Å²) < 4.78 is 68.5. The molecule has 0 aliphatic rings. The first kappa shape index (κ1) is 97.2. The number of aliphatic hydroxyl groups is 1. The molecule has 3 N–H and O–H groups in total. The molecule has 0 bridgehead atoms. The number of hydrogen-bond donors (Lipinski definition) is 3. The second kappa shape index (κ2) is 74.5. The minimum Gasteiger partial charge on any atom is -0.462 e. The van der Waals surface area contributed by atoms with E-state index in [1.54, 1.807) is 0 Å². The average Bonchev–Trinajstić information content (AvgIpc) is 0.909. The third kappa shape index (κ3) is 73.5. The summed E-state index contributed by atoms with van der Waals surface area (Å²) in [4.78, 5) is 73.0. The highest BCUT2D eigenvalue weighted by Crippen LogP contribution is 2.45. The summed E-state index contributed by atoms with van der Waals surface area (Å²) in [6.07, 6.45) is 82.9. The van der Waals surface area contributed by atoms with Crippen LogP contribution in [0.25, 0.3) is 0 Å². The van der Waals surface area contributed by atoms with Crippen LogP contribution < -0.4 is 0 Å². The van der Waals surface area contributed by atoms with Crippen LogP contribution >= 0.6 is 15.6 Å². The highest BCUT2D eigenvalue weighted by molar-refractivity contribution is 7.47. The molecule has 102 heavy (non-hydrogen) atoms. The minimum atomic E-state index is -4.99. The molecule has 0 aliphatic carbocycles. The number of carbonyl (C=O) groups is 4. The Bertz CT molecular complexity index is 2460. The van der Waals surface area contributed by atoms with Gasteiger partial charge >= 0.3 is 39.5 Å². The average molecular weight is 1470 g/mol. The number of esters is 4. The van der Waals surface area contributed by atoms with E-state index >= 15 is 0 Å². The van der Waals surface area contributed by atoms with Crippen molar-refractivity contribution in [3.63, 3.8) is 0 Å². The highest BCUT2D eigenvalue weighted by Gasteiger charge is 2.30. The van der Waals surface area contributed by atoms with Gasteiger partial charge in [0.2, 0.25) is 0 Å². The SMILES string of the molecule is CC/C=C\C/C=C\C/C=C\C/C=C\CCCCC(=O)OCC(COP(=O)(O)OCC(O)COP(=O)(O)OCC(COC(=O)CCCCCCCC/C=C\C/C=C\C/C=C\CCCCC)OC(=O)CCCCCCC/C=C\C/C=C\C/C=C\CC)OC(=O)CCCCCCC/C=C\CCCCCC. The van der Waals surface area contributed by atoms with Crippen LogP contribution in [-0.2, 0) is 65.4 Å². The van der Waals surface area contributed by atoms with Gasteiger partial charge in [-0.25, -0.2) is 9.13 Å². The van der Waals surface area contributed by atoms with Gasteiger partial charge in [0.15, 0.2) is 12.2 Å². The summed E-state index contributed by atoms with van der Waals surface area (Å²) in [6, 6.07) is 0. The highest BCUT2D eigenvalue weighted by atomic mass is 31.2. The van der Waals surface area contributed by atoms with Crippen molar-refractivity contribution in [1.29, 1.82) is 0 Å². The van der Waals surface area contributed by atoms with E-state index in [0.717, 1.165) is 186 Å². The predicted octanol–water partition coefficient (Wildman–Crippen LogP) is 22.9. The molecule has 0 fully saturated rings. The van der Waals surface area contributed by atoms with E-state index in [1.165, 1.54) is 44.9 Å². The minimum absolute atomic E-state index is 0.0685. The number of phosphoric acid groups is 2. The largest absolute Gasteiger partial charge is 0.472 e. The second-order valence-corrected chi connectivity index (χ2v) is 28.8. The molecule has 584 valence electrons. The Morgan fingerprint density at radius 1 is 0.284 bits per heavy atom. The summed E-state index contributed by atoms with van der Waals surface area (Å²) >= 11 is 0. The Balaban J connectivity index is 5.41. The van der Waals surface area contributed by atoms with Crippen LogP contribution in [0.1, 0.15) is 310 Å². The fraction of sp³-hybridized carbons (Fsp3) is 0.687. The number of hydrogen-bond acceptors (Lipinski definition) is 15. The van der Waals surface area contributed by atoms with Crippen molar-refractivity contribution >= 4 is 39.5 Å². The van der Waals surface area contributed by atoms with Gasteiger partial charge in [0.25, 0.3) is 0 Å². The van der Waals surface area contributed by atoms with Crippen LogP contribution in [0, 0.1) is 0 Å². The van der Waals surface area contributed by atoms with Crippen LogP contribution in [-0.4, -0.2) is 96.7 Å². The van der Waals surface area contributed by atoms with Gasteiger partial charge in [-0.05, 0) is 161 Å². The molecule has 0 saturated carbocycles. The maximum atomic E-state index is 13.1. The molecule has 0 amide bonds. The molecule has 0 spiro atoms. The first-order chi connectivity index (χ1) is 49.7. The van der Waals surface area contributed by atoms with Gasteiger partial charge < -0.3 is 33.8 Å². The lowest BCUT2D eigenvalue weighted by Gasteiger charge is -2.21. The Morgan fingerprint density at radius 2 is 0.510 bits per heavy atom. The molecule has 0 radical (unpaired) electrons. The van der Waals surface area contributed by atoms with Crippen LogP contribution in [0.5, 0.6) is 0 Å². The Hall–Kier alpha value is -4.80. The van der Waals surface area contributed by atoms with Gasteiger partial charge in [0.05, 0.1) is 26.4 Å². The lowest BCUT2D eigenvalue weighted by Crippen LogP contribution is -2.30. The third-order valence-corrected chi connectivity index (χ3v) is 18.0. The molecule has 19 heteroatoms. The molecule has 0 aromatic rings. The lowest BCUT2D eigenvalue weighted by molar-refractivity contribution is -0.161. The zero-order valence-corrected chi connectivity index (χ0v) is 65.5. The lowest BCUT2D eigenvalue weighted by atomic mass is 10.1. The van der Waals surface area contributed by atoms with Gasteiger partial charge in [0, 0.05) is 25.7 Å². The topological polar surface area (TPSA) is 237 Å². The number of ether oxygens (including phenoxy) is 4. The van der Waals surface area contributed by atoms with Gasteiger partial charge in [-0.2, -0.15) is 0 Å². The quantitative estimate of drug-likeness (QED) is 0.0169. The molecule has 0 saturated heterocycles. The molecule has 0 rings (SSSR count). The summed E-state index contributed by atoms with van der Waals surface area (Å²) in [5, 5.41) is 10.6. The Labute approximate surface area is 618 Å². The number of aliphatic hydroxyl groups excluding tert-OH is 1. The van der Waals surface area contributed by atoms with Crippen molar-refractivity contribution in [2.45, 2.75) is 329 Å². The second-order valence-electron chi connectivity index (χ2n) is 25.9. The standard InChI is InChI=1S/C83H140O17P2/c1-5-9-13-17-21-25-29-33-36-37-38-39-42-45-48-52-56-60-64-68-81(86)94-74-79(100-83(88)70-66-62-58-54-50-46-41-35-31-27-23-19-15-11-7-3)76-98-102(91,92)96-72-77(84)71-95-101(89,90)97-75-78(99-82(87)69-65-61-57-53-49-43-32-28-24-20-16-12-8-4)73-93-80(85)67-63-59-55-51-47-44-40-34-30-26-22-18-14-10-6-2/h10-11,14-15,21-23,25-28,32-36,38-41,47,51,77-79,84H,5-9,12-13,16-20,24,29-31,37,42-46,48-50,52-76H2,1-4H3,(H,89,90)(H,91,92)/b14-10-,15-11-,25-21-,26-22-,27-23-,32-28-,36-33-,39-38-,40-34-,41-35-,51-47-. The molecule has 5 atom stereocenters. The van der Waals surface area contributed by atoms with Crippen molar-refractivity contribution in [3.05, 3.63) is 134 Å². The van der Waals surface area contributed by atoms with Crippen molar-refractivity contribution in [3.8, 4) is 0 Å². The summed E-state index contributed by atoms with van der Waals surface area (Å²) in [6.45, 7) is 4.52. The summed E-state index contributed by atoms with van der Waals surface area (Å²) in [5.41, 5.74) is 0. The first-order valence-corrected chi connectivity index (χ1v) is 42.4. The Morgan fingerprint density at radius 3 is 0.833 bits per heavy atom. The van der Waals surface area contributed by atoms with Crippen LogP contribution in [0.3, 0.4) is 0 Å². The molecule has 5 unspecified atom stereocenters. The Kier molecular flexibility index (Phi) is 71.0. The predicted molar refractivity (Wildman–Crippen MR) is 418 cm³/mol. The number of phosphoric ester groups is 2. The van der Waals surface area contributed by atoms with Crippen molar-refractivity contribution in [2.24, 2.45) is 0 Å². The zero-order valence-electron chi connectivity index (χ0n) is 63.7. The van der Waals surface area contributed by atoms with Crippen molar-refractivity contribution in [1.82, 2.24) is 0 Å². The van der Waals surface area contributed by atoms with Gasteiger partial charge in [-0.1, -0.05) is 258 Å². The summed E-state index contributed by atoms with van der Waals surface area (Å²) in [5.74, 6) is -2.26. The van der Waals surface area contributed by atoms with Crippen molar-refractivity contribution < 1.29 is 80.2 Å². The maximum Gasteiger partial charge on any atom is 0.472 e. The smallest absolute Gasteiger partial charge is 0.462 e. The molecule has 0 heterocycles. The summed E-state index contributed by atoms with van der Waals surface area (Å²) in [7, 11) is -9.98. The van der Waals surface area contributed by atoms with Crippen LogP contribution in [0.2, 0.25) is 0 Å². The van der Waals surface area contributed by atoms with Crippen molar-refractivity contribution in [2.75, 3.05) is 39.6 Å². The molecule has 0 aromatic heterocycles. The first-order valence-electron chi connectivity index (χ1n) is 39.4.